The van der Waals surface area contributed by atoms with Crippen LogP contribution in [0.5, 0.6) is 5.75 Å². The predicted octanol–water partition coefficient (Wildman–Crippen LogP) is 1.52. The fraction of sp³-hybridized carbons (Fsp3) is 0.125. The summed E-state index contributed by atoms with van der Waals surface area (Å²) in [7, 11) is 1.38. The van der Waals surface area contributed by atoms with Gasteiger partial charge in [0.25, 0.3) is 0 Å². The number of nitrogens with zero attached hydrogens (tertiary/aromatic N) is 3. The molecule has 1 aliphatic rings. The fourth-order valence-electron chi connectivity index (χ4n) is 3.06. The molecule has 0 fully saturated rings. The number of hydrogen-bond acceptors (Lipinski definition) is 5. The van der Waals surface area contributed by atoms with Gasteiger partial charge in [-0.1, -0.05) is 18.2 Å². The van der Waals surface area contributed by atoms with E-state index in [1.54, 1.807) is 0 Å². The van der Waals surface area contributed by atoms with Gasteiger partial charge in [-0.25, -0.2) is 14.3 Å². The van der Waals surface area contributed by atoms with Crippen LogP contribution in [-0.2, 0) is 4.79 Å². The third-order valence-electron chi connectivity index (χ3n) is 4.06. The van der Waals surface area contributed by atoms with Crippen LogP contribution in [0.3, 0.4) is 0 Å². The highest BCUT2D eigenvalue weighted by Gasteiger charge is 2.36. The second-order valence-electron chi connectivity index (χ2n) is 5.33. The number of carbonyl (C=O) groups is 2. The summed E-state index contributed by atoms with van der Waals surface area (Å²) >= 11 is 0. The number of hydrogen-bond donors (Lipinski definition) is 2. The molecule has 3 aromatic rings. The van der Waals surface area contributed by atoms with Crippen molar-refractivity contribution in [2.45, 2.75) is 5.92 Å². The Balaban J connectivity index is 2.01. The van der Waals surface area contributed by atoms with Crippen molar-refractivity contribution >= 4 is 23.1 Å². The molecule has 2 aromatic heterocycles. The minimum Gasteiger partial charge on any atom is -0.493 e. The van der Waals surface area contributed by atoms with Crippen LogP contribution in [0.15, 0.2) is 36.8 Å². The first-order valence-corrected chi connectivity index (χ1v) is 7.15. The zero-order valence-corrected chi connectivity index (χ0v) is 12.6. The Morgan fingerprint density at radius 1 is 1.38 bits per heavy atom. The Morgan fingerprint density at radius 2 is 2.17 bits per heavy atom. The summed E-state index contributed by atoms with van der Waals surface area (Å²) in [5, 5.41) is 16.2. The first-order chi connectivity index (χ1) is 11.6. The second kappa shape index (κ2) is 5.05. The van der Waals surface area contributed by atoms with E-state index in [1.807, 2.05) is 24.3 Å². The molecule has 0 bridgehead atoms. The van der Waals surface area contributed by atoms with Crippen molar-refractivity contribution in [3.63, 3.8) is 0 Å². The SMILES string of the molecule is COc1c(C(=O)O)cn2ncnc(C3C(=O)Nc4ccccc43)c12. The van der Waals surface area contributed by atoms with Gasteiger partial charge < -0.3 is 15.2 Å². The highest BCUT2D eigenvalue weighted by molar-refractivity contribution is 6.06. The zero-order chi connectivity index (χ0) is 16.8. The summed E-state index contributed by atoms with van der Waals surface area (Å²) in [6.07, 6.45) is 2.64. The summed E-state index contributed by atoms with van der Waals surface area (Å²) in [4.78, 5) is 28.2. The van der Waals surface area contributed by atoms with Crippen LogP contribution < -0.4 is 10.1 Å². The molecule has 0 saturated heterocycles. The lowest BCUT2D eigenvalue weighted by Crippen LogP contribution is -2.16. The summed E-state index contributed by atoms with van der Waals surface area (Å²) in [5.74, 6) is -1.89. The van der Waals surface area contributed by atoms with Crippen LogP contribution in [0.1, 0.15) is 27.5 Å². The number of aromatic nitrogens is 3. The van der Waals surface area contributed by atoms with Gasteiger partial charge in [-0.2, -0.15) is 5.10 Å². The highest BCUT2D eigenvalue weighted by Crippen LogP contribution is 2.40. The molecule has 2 N–H and O–H groups in total. The first-order valence-electron chi connectivity index (χ1n) is 7.15. The molecule has 0 saturated carbocycles. The van der Waals surface area contributed by atoms with Gasteiger partial charge in [-0.15, -0.1) is 0 Å². The number of benzene rings is 1. The number of carbonyl (C=O) groups excluding carboxylic acids is 1. The normalized spacial score (nSPS) is 16.0. The molecule has 1 unspecified atom stereocenters. The number of aromatic carboxylic acids is 1. The van der Waals surface area contributed by atoms with E-state index >= 15 is 0 Å². The lowest BCUT2D eigenvalue weighted by atomic mass is 9.96. The number of para-hydroxylation sites is 1. The Hall–Kier alpha value is -3.42. The Morgan fingerprint density at radius 3 is 2.92 bits per heavy atom. The van der Waals surface area contributed by atoms with Gasteiger partial charge in [0.15, 0.2) is 5.75 Å². The molecule has 1 aliphatic heterocycles. The average molecular weight is 324 g/mol. The molecular formula is C16H12N4O4. The van der Waals surface area contributed by atoms with E-state index in [9.17, 15) is 14.7 Å². The van der Waals surface area contributed by atoms with Crippen LogP contribution in [0.2, 0.25) is 0 Å². The van der Waals surface area contributed by atoms with Crippen molar-refractivity contribution in [2.24, 2.45) is 0 Å². The lowest BCUT2D eigenvalue weighted by Gasteiger charge is -2.11. The van der Waals surface area contributed by atoms with Gasteiger partial charge in [0, 0.05) is 11.9 Å². The van der Waals surface area contributed by atoms with Gasteiger partial charge >= 0.3 is 5.97 Å². The second-order valence-corrected chi connectivity index (χ2v) is 5.33. The van der Waals surface area contributed by atoms with E-state index < -0.39 is 11.9 Å². The summed E-state index contributed by atoms with van der Waals surface area (Å²) < 4.78 is 6.64. The standard InChI is InChI=1S/C16H12N4O4/c1-24-14-9(16(22)23)6-20-13(14)12(17-7-18-20)11-8-4-2-3-5-10(8)19-15(11)21/h2-7,11H,1H3,(H,19,21)(H,22,23). The molecule has 120 valence electrons. The third-order valence-corrected chi connectivity index (χ3v) is 4.06. The first kappa shape index (κ1) is 14.2. The van der Waals surface area contributed by atoms with Crippen LogP contribution >= 0.6 is 0 Å². The quantitative estimate of drug-likeness (QED) is 0.756. The number of ether oxygens (including phenoxy) is 1. The number of amides is 1. The van der Waals surface area contributed by atoms with E-state index in [2.05, 4.69) is 15.4 Å². The number of rotatable bonds is 3. The molecule has 0 radical (unpaired) electrons. The summed E-state index contributed by atoms with van der Waals surface area (Å²) in [6, 6.07) is 7.31. The summed E-state index contributed by atoms with van der Waals surface area (Å²) in [6.45, 7) is 0. The summed E-state index contributed by atoms with van der Waals surface area (Å²) in [5.41, 5.74) is 2.23. The molecule has 1 aromatic carbocycles. The molecule has 0 aliphatic carbocycles. The maximum absolute atomic E-state index is 12.5. The predicted molar refractivity (Wildman–Crippen MR) is 83.4 cm³/mol. The van der Waals surface area contributed by atoms with Crippen molar-refractivity contribution < 1.29 is 19.4 Å². The molecule has 3 heterocycles. The monoisotopic (exact) mass is 324 g/mol. The van der Waals surface area contributed by atoms with Gasteiger partial charge in [0.05, 0.1) is 12.8 Å². The minimum absolute atomic E-state index is 0.0362. The Bertz CT molecular complexity index is 995. The molecule has 4 rings (SSSR count). The van der Waals surface area contributed by atoms with Crippen molar-refractivity contribution in [3.8, 4) is 5.75 Å². The van der Waals surface area contributed by atoms with Crippen molar-refractivity contribution in [1.82, 2.24) is 14.6 Å². The van der Waals surface area contributed by atoms with E-state index in [0.717, 1.165) is 5.56 Å². The Kier molecular flexibility index (Phi) is 2.99. The Labute approximate surface area is 135 Å². The largest absolute Gasteiger partial charge is 0.493 e. The number of anilines is 1. The van der Waals surface area contributed by atoms with E-state index in [4.69, 9.17) is 4.74 Å². The maximum Gasteiger partial charge on any atom is 0.341 e. The van der Waals surface area contributed by atoms with Crippen molar-refractivity contribution in [3.05, 3.63) is 53.6 Å². The smallest absolute Gasteiger partial charge is 0.341 e. The van der Waals surface area contributed by atoms with E-state index in [-0.39, 0.29) is 17.2 Å². The number of nitrogens with one attached hydrogen (secondary N) is 1. The minimum atomic E-state index is -1.14. The number of carboxylic acids is 1. The van der Waals surface area contributed by atoms with Gasteiger partial charge in [-0.3, -0.25) is 4.79 Å². The van der Waals surface area contributed by atoms with Crippen LogP contribution in [0.25, 0.3) is 5.52 Å². The molecule has 0 spiro atoms. The topological polar surface area (TPSA) is 106 Å². The van der Waals surface area contributed by atoms with Crippen molar-refractivity contribution in [1.29, 1.82) is 0 Å². The number of carboxylic acid groups (broad SMARTS) is 1. The van der Waals surface area contributed by atoms with Crippen LogP contribution in [0.4, 0.5) is 5.69 Å². The molecular weight excluding hydrogens is 312 g/mol. The molecule has 1 atom stereocenters. The average Bonchev–Trinajstić information content (AvgIpc) is 3.11. The van der Waals surface area contributed by atoms with Crippen LogP contribution in [0, 0.1) is 0 Å². The zero-order valence-electron chi connectivity index (χ0n) is 12.6. The van der Waals surface area contributed by atoms with Crippen LogP contribution in [-0.4, -0.2) is 38.7 Å². The molecule has 1 amide bonds. The van der Waals surface area contributed by atoms with Crippen molar-refractivity contribution in [2.75, 3.05) is 12.4 Å². The number of fused-ring (bicyclic) bond motifs is 2. The molecule has 8 nitrogen and oxygen atoms in total. The van der Waals surface area contributed by atoms with Gasteiger partial charge in [-0.05, 0) is 11.6 Å². The fourth-order valence-corrected chi connectivity index (χ4v) is 3.06. The lowest BCUT2D eigenvalue weighted by molar-refractivity contribution is -0.116. The van der Waals surface area contributed by atoms with Gasteiger partial charge in [0.2, 0.25) is 5.91 Å². The third kappa shape index (κ3) is 1.86. The van der Waals surface area contributed by atoms with E-state index in [1.165, 1.54) is 24.1 Å². The highest BCUT2D eigenvalue weighted by atomic mass is 16.5. The molecule has 8 heteroatoms. The van der Waals surface area contributed by atoms with Gasteiger partial charge in [0.1, 0.15) is 23.3 Å². The molecule has 24 heavy (non-hydrogen) atoms. The number of methoxy groups -OCH3 is 1. The van der Waals surface area contributed by atoms with E-state index in [0.29, 0.717) is 16.9 Å². The maximum atomic E-state index is 12.5.